The van der Waals surface area contributed by atoms with Gasteiger partial charge in [0.05, 0.1) is 5.56 Å². The Bertz CT molecular complexity index is 667. The van der Waals surface area contributed by atoms with E-state index in [1.165, 1.54) is 17.0 Å². The average molecular weight is 332 g/mol. The van der Waals surface area contributed by atoms with E-state index in [4.69, 9.17) is 5.26 Å². The minimum Gasteiger partial charge on any atom is -0.341 e. The van der Waals surface area contributed by atoms with Gasteiger partial charge in [-0.05, 0) is 44.9 Å². The highest BCUT2D eigenvalue weighted by Crippen LogP contribution is 2.21. The van der Waals surface area contributed by atoms with Gasteiger partial charge in [0, 0.05) is 25.3 Å². The molecule has 24 heavy (non-hydrogen) atoms. The molecule has 0 aliphatic carbocycles. The molecule has 2 rings (SSSR count). The number of nitriles is 1. The van der Waals surface area contributed by atoms with Crippen molar-refractivity contribution in [3.8, 4) is 6.07 Å². The number of hydrogen-bond acceptors (Lipinski definition) is 3. The number of carbonyl (C=O) groups excluding carboxylic acids is 2. The number of likely N-dealkylation sites (tertiary alicyclic amines) is 1. The minimum absolute atomic E-state index is 0.0514. The number of urea groups is 1. The van der Waals surface area contributed by atoms with Gasteiger partial charge in [-0.25, -0.2) is 9.18 Å². The first-order valence-electron chi connectivity index (χ1n) is 8.07. The van der Waals surface area contributed by atoms with Gasteiger partial charge in [-0.3, -0.25) is 4.79 Å². The second-order valence-corrected chi connectivity index (χ2v) is 5.60. The molecule has 1 N–H and O–H groups in total. The van der Waals surface area contributed by atoms with E-state index in [2.05, 4.69) is 5.32 Å². The molecule has 0 radical (unpaired) electrons. The maximum absolute atomic E-state index is 13.3. The zero-order valence-electron chi connectivity index (χ0n) is 13.9. The second kappa shape index (κ2) is 7.77. The SMILES string of the molecule is CCN(CC)C(=O)[C@H]1CCCN1C(=O)Nc1ccc(F)c(C#N)c1. The fourth-order valence-electron chi connectivity index (χ4n) is 2.90. The summed E-state index contributed by atoms with van der Waals surface area (Å²) in [5.41, 5.74) is 0.198. The molecule has 0 saturated carbocycles. The van der Waals surface area contributed by atoms with Crippen LogP contribution in [0.4, 0.5) is 14.9 Å². The highest BCUT2D eigenvalue weighted by molar-refractivity contribution is 5.94. The summed E-state index contributed by atoms with van der Waals surface area (Å²) >= 11 is 0. The Labute approximate surface area is 140 Å². The molecule has 1 aliphatic heterocycles. The van der Waals surface area contributed by atoms with Gasteiger partial charge < -0.3 is 15.1 Å². The van der Waals surface area contributed by atoms with Gasteiger partial charge in [0.15, 0.2) is 0 Å². The summed E-state index contributed by atoms with van der Waals surface area (Å²) in [7, 11) is 0. The Morgan fingerprint density at radius 3 is 2.75 bits per heavy atom. The first-order valence-corrected chi connectivity index (χ1v) is 8.07. The predicted molar refractivity (Wildman–Crippen MR) is 87.8 cm³/mol. The molecular formula is C17H21FN4O2. The molecule has 0 aromatic heterocycles. The number of hydrogen-bond donors (Lipinski definition) is 1. The van der Waals surface area contributed by atoms with Crippen LogP contribution in [0.1, 0.15) is 32.3 Å². The van der Waals surface area contributed by atoms with Crippen molar-refractivity contribution in [2.24, 2.45) is 0 Å². The Hall–Kier alpha value is -2.62. The van der Waals surface area contributed by atoms with Crippen molar-refractivity contribution in [3.05, 3.63) is 29.6 Å². The Morgan fingerprint density at radius 2 is 2.12 bits per heavy atom. The molecule has 7 heteroatoms. The third-order valence-electron chi connectivity index (χ3n) is 4.21. The second-order valence-electron chi connectivity index (χ2n) is 5.60. The summed E-state index contributed by atoms with van der Waals surface area (Å²) in [6, 6.07) is 4.67. The van der Waals surface area contributed by atoms with E-state index in [1.54, 1.807) is 11.0 Å². The van der Waals surface area contributed by atoms with E-state index in [0.29, 0.717) is 31.7 Å². The van der Waals surface area contributed by atoms with E-state index in [0.717, 1.165) is 12.5 Å². The lowest BCUT2D eigenvalue weighted by atomic mass is 10.2. The molecule has 1 saturated heterocycles. The molecule has 6 nitrogen and oxygen atoms in total. The smallest absolute Gasteiger partial charge is 0.322 e. The van der Waals surface area contributed by atoms with Crippen LogP contribution in [0.3, 0.4) is 0 Å². The largest absolute Gasteiger partial charge is 0.341 e. The van der Waals surface area contributed by atoms with Crippen molar-refractivity contribution in [1.82, 2.24) is 9.80 Å². The molecule has 0 spiro atoms. The lowest BCUT2D eigenvalue weighted by Gasteiger charge is -2.29. The molecule has 1 aliphatic rings. The third kappa shape index (κ3) is 3.65. The molecule has 1 atom stereocenters. The highest BCUT2D eigenvalue weighted by Gasteiger charge is 2.35. The van der Waals surface area contributed by atoms with Crippen molar-refractivity contribution >= 4 is 17.6 Å². The molecule has 0 unspecified atom stereocenters. The third-order valence-corrected chi connectivity index (χ3v) is 4.21. The normalized spacial score (nSPS) is 16.6. The van der Waals surface area contributed by atoms with Gasteiger partial charge in [0.1, 0.15) is 17.9 Å². The molecule has 1 aromatic rings. The monoisotopic (exact) mass is 332 g/mol. The fourth-order valence-corrected chi connectivity index (χ4v) is 2.90. The number of nitrogens with zero attached hydrogens (tertiary/aromatic N) is 3. The van der Waals surface area contributed by atoms with Crippen molar-refractivity contribution in [3.63, 3.8) is 0 Å². The van der Waals surface area contributed by atoms with Crippen LogP contribution in [0.5, 0.6) is 0 Å². The molecule has 0 bridgehead atoms. The van der Waals surface area contributed by atoms with Gasteiger partial charge in [0.25, 0.3) is 0 Å². The zero-order chi connectivity index (χ0) is 17.7. The van der Waals surface area contributed by atoms with Crippen LogP contribution in [-0.2, 0) is 4.79 Å². The predicted octanol–water partition coefficient (Wildman–Crippen LogP) is 2.56. The maximum Gasteiger partial charge on any atom is 0.322 e. The number of nitrogens with one attached hydrogen (secondary N) is 1. The van der Waals surface area contributed by atoms with Gasteiger partial charge in [-0.2, -0.15) is 5.26 Å². The fraction of sp³-hybridized carbons (Fsp3) is 0.471. The zero-order valence-corrected chi connectivity index (χ0v) is 13.9. The van der Waals surface area contributed by atoms with Gasteiger partial charge in [-0.1, -0.05) is 0 Å². The summed E-state index contributed by atoms with van der Waals surface area (Å²) in [6.07, 6.45) is 1.40. The number of anilines is 1. The van der Waals surface area contributed by atoms with E-state index < -0.39 is 17.9 Å². The van der Waals surface area contributed by atoms with Gasteiger partial charge in [-0.15, -0.1) is 0 Å². The highest BCUT2D eigenvalue weighted by atomic mass is 19.1. The summed E-state index contributed by atoms with van der Waals surface area (Å²) in [5, 5.41) is 11.5. The topological polar surface area (TPSA) is 76.4 Å². The van der Waals surface area contributed by atoms with Crippen molar-refractivity contribution < 1.29 is 14.0 Å². The minimum atomic E-state index is -0.633. The van der Waals surface area contributed by atoms with Crippen molar-refractivity contribution in [2.45, 2.75) is 32.7 Å². The first kappa shape index (κ1) is 17.7. The Balaban J connectivity index is 2.11. The Kier molecular flexibility index (Phi) is 5.74. The van der Waals surface area contributed by atoms with E-state index in [-0.39, 0.29) is 11.5 Å². The summed E-state index contributed by atoms with van der Waals surface area (Å²) in [6.45, 7) is 5.51. The number of rotatable bonds is 4. The van der Waals surface area contributed by atoms with Gasteiger partial charge in [0.2, 0.25) is 5.91 Å². The van der Waals surface area contributed by atoms with Crippen LogP contribution in [0.25, 0.3) is 0 Å². The van der Waals surface area contributed by atoms with Crippen LogP contribution in [0, 0.1) is 17.1 Å². The average Bonchev–Trinajstić information content (AvgIpc) is 3.07. The summed E-state index contributed by atoms with van der Waals surface area (Å²) < 4.78 is 13.3. The van der Waals surface area contributed by atoms with Crippen LogP contribution in [-0.4, -0.2) is 47.4 Å². The van der Waals surface area contributed by atoms with Crippen LogP contribution in [0.2, 0.25) is 0 Å². The number of halogens is 1. The molecule has 1 heterocycles. The molecule has 128 valence electrons. The number of likely N-dealkylation sites (N-methyl/N-ethyl adjacent to an activating group) is 1. The maximum atomic E-state index is 13.3. The van der Waals surface area contributed by atoms with E-state index >= 15 is 0 Å². The first-order chi connectivity index (χ1) is 11.5. The van der Waals surface area contributed by atoms with Crippen molar-refractivity contribution in [2.75, 3.05) is 25.0 Å². The van der Waals surface area contributed by atoms with Gasteiger partial charge >= 0.3 is 6.03 Å². The number of carbonyl (C=O) groups is 2. The molecule has 1 aromatic carbocycles. The Morgan fingerprint density at radius 1 is 1.42 bits per heavy atom. The lowest BCUT2D eigenvalue weighted by molar-refractivity contribution is -0.134. The molecular weight excluding hydrogens is 311 g/mol. The standard InChI is InChI=1S/C17H21FN4O2/c1-3-21(4-2)16(23)15-6-5-9-22(15)17(24)20-13-7-8-14(18)12(10-13)11-19/h7-8,10,15H,3-6,9H2,1-2H3,(H,20,24)/t15-/m1/s1. The van der Waals surface area contributed by atoms with Crippen LogP contribution < -0.4 is 5.32 Å². The van der Waals surface area contributed by atoms with Crippen LogP contribution in [0.15, 0.2) is 18.2 Å². The van der Waals surface area contributed by atoms with E-state index in [1.807, 2.05) is 13.8 Å². The van der Waals surface area contributed by atoms with Crippen LogP contribution >= 0.6 is 0 Å². The number of amides is 3. The quantitative estimate of drug-likeness (QED) is 0.920. The number of benzene rings is 1. The lowest BCUT2D eigenvalue weighted by Crippen LogP contribution is -2.49. The van der Waals surface area contributed by atoms with Crippen molar-refractivity contribution in [1.29, 1.82) is 5.26 Å². The summed E-state index contributed by atoms with van der Waals surface area (Å²) in [4.78, 5) is 28.2. The molecule has 1 fully saturated rings. The van der Waals surface area contributed by atoms with E-state index in [9.17, 15) is 14.0 Å². The summed E-state index contributed by atoms with van der Waals surface area (Å²) in [5.74, 6) is -0.685. The molecule has 3 amide bonds.